The van der Waals surface area contributed by atoms with Gasteiger partial charge in [0.15, 0.2) is 9.84 Å². The zero-order valence-corrected chi connectivity index (χ0v) is 16.6. The molecule has 1 aliphatic carbocycles. The highest BCUT2D eigenvalue weighted by molar-refractivity contribution is 7.91. The molecule has 5 heteroatoms. The minimum Gasteiger partial charge on any atom is -0.297 e. The second kappa shape index (κ2) is 6.43. The van der Waals surface area contributed by atoms with Crippen molar-refractivity contribution in [2.75, 3.05) is 31.1 Å². The Morgan fingerprint density at radius 1 is 0.926 bits per heavy atom. The van der Waals surface area contributed by atoms with Crippen molar-refractivity contribution in [1.29, 1.82) is 0 Å². The SMILES string of the molecule is CCN1CCN(Cc2ccc3c(c2)Cc2ccccc2-3)[C@@H]2CS(=O)(=O)C[C@@H]21. The Hall–Kier alpha value is -1.69. The first-order valence-electron chi connectivity index (χ1n) is 9.92. The first-order valence-corrected chi connectivity index (χ1v) is 11.7. The molecule has 2 atom stereocenters. The van der Waals surface area contributed by atoms with Gasteiger partial charge in [0.05, 0.1) is 11.5 Å². The Bertz CT molecular complexity index is 986. The first-order chi connectivity index (χ1) is 13.0. The molecule has 2 fully saturated rings. The van der Waals surface area contributed by atoms with Crippen molar-refractivity contribution in [3.05, 3.63) is 59.2 Å². The number of likely N-dealkylation sites (N-methyl/N-ethyl adjacent to an activating group) is 1. The molecule has 2 aliphatic heterocycles. The Labute approximate surface area is 161 Å². The predicted octanol–water partition coefficient (Wildman–Crippen LogP) is 2.56. The van der Waals surface area contributed by atoms with Crippen LogP contribution in [0.4, 0.5) is 0 Å². The maximum atomic E-state index is 12.3. The highest BCUT2D eigenvalue weighted by Crippen LogP contribution is 2.37. The topological polar surface area (TPSA) is 40.6 Å². The standard InChI is InChI=1S/C22H26N2O2S/c1-2-23-9-10-24(22-15-27(25,26)14-21(22)23)13-16-7-8-20-18(11-16)12-17-5-3-4-6-19(17)20/h3-8,11,21-22H,2,9-10,12-15H2,1H3/t21-,22+/m0/s1. The van der Waals surface area contributed by atoms with Crippen molar-refractivity contribution >= 4 is 9.84 Å². The minimum atomic E-state index is -2.93. The van der Waals surface area contributed by atoms with E-state index in [4.69, 9.17) is 0 Å². The van der Waals surface area contributed by atoms with E-state index in [0.29, 0.717) is 11.5 Å². The Kier molecular flexibility index (Phi) is 4.15. The minimum absolute atomic E-state index is 0.133. The van der Waals surface area contributed by atoms with Crippen LogP contribution in [0.3, 0.4) is 0 Å². The summed E-state index contributed by atoms with van der Waals surface area (Å²) in [7, 11) is -2.93. The Morgan fingerprint density at radius 2 is 1.63 bits per heavy atom. The number of hydrogen-bond donors (Lipinski definition) is 0. The van der Waals surface area contributed by atoms with E-state index < -0.39 is 9.84 Å². The number of sulfone groups is 1. The van der Waals surface area contributed by atoms with Crippen molar-refractivity contribution in [2.24, 2.45) is 0 Å². The average molecular weight is 383 g/mol. The molecule has 5 rings (SSSR count). The van der Waals surface area contributed by atoms with Gasteiger partial charge >= 0.3 is 0 Å². The van der Waals surface area contributed by atoms with Gasteiger partial charge in [-0.15, -0.1) is 0 Å². The summed E-state index contributed by atoms with van der Waals surface area (Å²) in [6, 6.07) is 15.7. The number of fused-ring (bicyclic) bond motifs is 4. The third kappa shape index (κ3) is 3.02. The zero-order valence-electron chi connectivity index (χ0n) is 15.8. The van der Waals surface area contributed by atoms with E-state index in [0.717, 1.165) is 32.6 Å². The number of benzene rings is 2. The lowest BCUT2D eigenvalue weighted by Crippen LogP contribution is -2.58. The van der Waals surface area contributed by atoms with Gasteiger partial charge in [0.25, 0.3) is 0 Å². The van der Waals surface area contributed by atoms with E-state index in [1.165, 1.54) is 27.8 Å². The van der Waals surface area contributed by atoms with Gasteiger partial charge in [-0.1, -0.05) is 49.4 Å². The molecule has 0 spiro atoms. The van der Waals surface area contributed by atoms with E-state index >= 15 is 0 Å². The molecule has 0 N–H and O–H groups in total. The molecular weight excluding hydrogens is 356 g/mol. The van der Waals surface area contributed by atoms with Crippen LogP contribution >= 0.6 is 0 Å². The highest BCUT2D eigenvalue weighted by Gasteiger charge is 2.45. The van der Waals surface area contributed by atoms with E-state index in [2.05, 4.69) is 59.2 Å². The van der Waals surface area contributed by atoms with Crippen LogP contribution in [0.1, 0.15) is 23.6 Å². The van der Waals surface area contributed by atoms with Gasteiger partial charge in [0.1, 0.15) is 0 Å². The third-order valence-corrected chi connectivity index (χ3v) is 8.25. The molecule has 0 unspecified atom stereocenters. The Morgan fingerprint density at radius 3 is 2.44 bits per heavy atom. The summed E-state index contributed by atoms with van der Waals surface area (Å²) in [6.45, 7) is 5.82. The van der Waals surface area contributed by atoms with E-state index in [1.807, 2.05) is 0 Å². The number of piperazine rings is 1. The molecule has 0 saturated carbocycles. The van der Waals surface area contributed by atoms with Crippen molar-refractivity contribution in [2.45, 2.75) is 32.0 Å². The summed E-state index contributed by atoms with van der Waals surface area (Å²) in [4.78, 5) is 4.76. The fourth-order valence-corrected chi connectivity index (χ4v) is 7.26. The molecule has 3 aliphatic rings. The van der Waals surface area contributed by atoms with Gasteiger partial charge < -0.3 is 0 Å². The quantitative estimate of drug-likeness (QED) is 0.698. The van der Waals surface area contributed by atoms with E-state index in [9.17, 15) is 8.42 Å². The van der Waals surface area contributed by atoms with Gasteiger partial charge in [0, 0.05) is 31.7 Å². The lowest BCUT2D eigenvalue weighted by Gasteiger charge is -2.43. The summed E-state index contributed by atoms with van der Waals surface area (Å²) in [6.07, 6.45) is 1.00. The Balaban J connectivity index is 1.39. The predicted molar refractivity (Wildman–Crippen MR) is 109 cm³/mol. The molecule has 2 saturated heterocycles. The van der Waals surface area contributed by atoms with Gasteiger partial charge in [0.2, 0.25) is 0 Å². The van der Waals surface area contributed by atoms with Crippen molar-refractivity contribution < 1.29 is 8.42 Å². The number of nitrogens with zero attached hydrogens (tertiary/aromatic N) is 2. The van der Waals surface area contributed by atoms with Crippen LogP contribution in [0.5, 0.6) is 0 Å². The van der Waals surface area contributed by atoms with Gasteiger partial charge in [-0.2, -0.15) is 0 Å². The van der Waals surface area contributed by atoms with Crippen molar-refractivity contribution in [3.8, 4) is 11.1 Å². The third-order valence-electron chi connectivity index (χ3n) is 6.56. The second-order valence-corrected chi connectivity index (χ2v) is 10.3. The van der Waals surface area contributed by atoms with Crippen LogP contribution in [-0.2, 0) is 22.8 Å². The summed E-state index contributed by atoms with van der Waals surface area (Å²) in [5, 5.41) is 0. The fraction of sp³-hybridized carbons (Fsp3) is 0.455. The van der Waals surface area contributed by atoms with Crippen molar-refractivity contribution in [3.63, 3.8) is 0 Å². The lowest BCUT2D eigenvalue weighted by atomic mass is 10.0. The van der Waals surface area contributed by atoms with Crippen LogP contribution in [0, 0.1) is 0 Å². The van der Waals surface area contributed by atoms with Crippen molar-refractivity contribution in [1.82, 2.24) is 9.80 Å². The molecule has 0 radical (unpaired) electrons. The molecule has 142 valence electrons. The maximum Gasteiger partial charge on any atom is 0.153 e. The van der Waals surface area contributed by atoms with E-state index in [1.54, 1.807) is 0 Å². The average Bonchev–Trinajstić information content (AvgIpc) is 3.18. The molecule has 27 heavy (non-hydrogen) atoms. The molecular formula is C22H26N2O2S. The van der Waals surface area contributed by atoms with E-state index in [-0.39, 0.29) is 12.1 Å². The van der Waals surface area contributed by atoms with Crippen LogP contribution in [-0.4, -0.2) is 61.4 Å². The first kappa shape index (κ1) is 17.4. The fourth-order valence-electron chi connectivity index (χ4n) is 5.22. The summed E-state index contributed by atoms with van der Waals surface area (Å²) in [5.74, 6) is 0.631. The van der Waals surface area contributed by atoms with Gasteiger partial charge in [-0.25, -0.2) is 8.42 Å². The zero-order chi connectivity index (χ0) is 18.6. The normalized spacial score (nSPS) is 26.6. The largest absolute Gasteiger partial charge is 0.297 e. The van der Waals surface area contributed by atoms with Gasteiger partial charge in [-0.3, -0.25) is 9.80 Å². The molecule has 2 aromatic carbocycles. The highest BCUT2D eigenvalue weighted by atomic mass is 32.2. The summed E-state index contributed by atoms with van der Waals surface area (Å²) < 4.78 is 24.6. The molecule has 0 amide bonds. The smallest absolute Gasteiger partial charge is 0.153 e. The molecule has 2 aromatic rings. The number of rotatable bonds is 3. The second-order valence-electron chi connectivity index (χ2n) is 8.14. The maximum absolute atomic E-state index is 12.3. The van der Waals surface area contributed by atoms with Crippen LogP contribution in [0.15, 0.2) is 42.5 Å². The number of hydrogen-bond acceptors (Lipinski definition) is 4. The van der Waals surface area contributed by atoms with Crippen LogP contribution in [0.25, 0.3) is 11.1 Å². The molecule has 4 nitrogen and oxygen atoms in total. The monoisotopic (exact) mass is 382 g/mol. The van der Waals surface area contributed by atoms with Crippen LogP contribution in [0.2, 0.25) is 0 Å². The lowest BCUT2D eigenvalue weighted by molar-refractivity contribution is 0.0439. The molecule has 2 heterocycles. The summed E-state index contributed by atoms with van der Waals surface area (Å²) >= 11 is 0. The van der Waals surface area contributed by atoms with Gasteiger partial charge in [-0.05, 0) is 40.8 Å². The summed E-state index contributed by atoms with van der Waals surface area (Å²) in [5.41, 5.74) is 6.82. The van der Waals surface area contributed by atoms with Crippen LogP contribution < -0.4 is 0 Å². The molecule has 0 bridgehead atoms. The molecule has 0 aromatic heterocycles.